The average Bonchev–Trinajstić information content (AvgIpc) is 3.20. The molecule has 0 bridgehead atoms. The van der Waals surface area contributed by atoms with Crippen molar-refractivity contribution in [3.05, 3.63) is 77.9 Å². The summed E-state index contributed by atoms with van der Waals surface area (Å²) in [5, 5.41) is 9.91. The average molecular weight is 493 g/mol. The molecule has 2 aromatic carbocycles. The molecule has 2 amide bonds. The van der Waals surface area contributed by atoms with Gasteiger partial charge in [0.15, 0.2) is 0 Å². The van der Waals surface area contributed by atoms with Gasteiger partial charge in [0.1, 0.15) is 18.2 Å². The summed E-state index contributed by atoms with van der Waals surface area (Å²) >= 11 is 0. The molecule has 3 unspecified atom stereocenters. The van der Waals surface area contributed by atoms with Crippen LogP contribution in [0.2, 0.25) is 0 Å². The third-order valence-corrected chi connectivity index (χ3v) is 5.98. The van der Waals surface area contributed by atoms with Crippen molar-refractivity contribution < 1.29 is 33.8 Å². The fraction of sp³-hybridized carbons (Fsp3) is 0.333. The Kier molecular flexibility index (Phi) is 6.83. The topological polar surface area (TPSA) is 113 Å². The number of carbonyl (C=O) groups excluding carboxylic acids is 3. The van der Waals surface area contributed by atoms with Crippen LogP contribution in [0.4, 0.5) is 4.79 Å². The Morgan fingerprint density at radius 1 is 1.06 bits per heavy atom. The second kappa shape index (κ2) is 9.85. The van der Waals surface area contributed by atoms with Crippen molar-refractivity contribution in [1.82, 2.24) is 9.80 Å². The fourth-order valence-corrected chi connectivity index (χ4v) is 4.43. The Morgan fingerprint density at radius 2 is 1.67 bits per heavy atom. The lowest BCUT2D eigenvalue weighted by molar-refractivity contribution is -0.183. The highest BCUT2D eigenvalue weighted by Gasteiger charge is 2.60. The number of β-lactam (4-membered cyclic amide) rings is 1. The standard InChI is InChI=1S/C27H28N2O7/c1-27(2,3)36-25(33)22(24(31)32)28-19(15-14-17-10-6-4-7-11-17)21(23(28)30)29-20(16-35-26(29)34)18-12-8-5-9-13-18/h4-15,19-22H,16H2,1-3H3,(H,31,32)/t19?,20-,21?,22?/m1/s1. The molecular weight excluding hydrogens is 464 g/mol. The van der Waals surface area contributed by atoms with Crippen molar-refractivity contribution in [1.29, 1.82) is 0 Å². The van der Waals surface area contributed by atoms with E-state index in [1.54, 1.807) is 32.9 Å². The van der Waals surface area contributed by atoms with Gasteiger partial charge in [-0.2, -0.15) is 0 Å². The van der Waals surface area contributed by atoms with Crippen LogP contribution in [0.5, 0.6) is 0 Å². The lowest BCUT2D eigenvalue weighted by Crippen LogP contribution is -2.75. The molecule has 2 aromatic rings. The zero-order chi connectivity index (χ0) is 26.0. The van der Waals surface area contributed by atoms with E-state index < -0.39 is 53.7 Å². The summed E-state index contributed by atoms with van der Waals surface area (Å²) in [7, 11) is 0. The number of aliphatic carboxylic acids is 1. The summed E-state index contributed by atoms with van der Waals surface area (Å²) in [6.07, 6.45) is 2.68. The third kappa shape index (κ3) is 4.95. The van der Waals surface area contributed by atoms with Crippen molar-refractivity contribution in [2.75, 3.05) is 6.61 Å². The summed E-state index contributed by atoms with van der Waals surface area (Å²) in [4.78, 5) is 53.6. The van der Waals surface area contributed by atoms with Crippen LogP contribution >= 0.6 is 0 Å². The monoisotopic (exact) mass is 492 g/mol. The van der Waals surface area contributed by atoms with Gasteiger partial charge in [0.2, 0.25) is 11.9 Å². The van der Waals surface area contributed by atoms with Crippen LogP contribution in [0.15, 0.2) is 66.7 Å². The molecule has 9 nitrogen and oxygen atoms in total. The molecule has 2 fully saturated rings. The first-order chi connectivity index (χ1) is 17.1. The largest absolute Gasteiger partial charge is 0.479 e. The maximum Gasteiger partial charge on any atom is 0.411 e. The van der Waals surface area contributed by atoms with E-state index in [0.717, 1.165) is 16.0 Å². The number of benzene rings is 2. The number of nitrogens with zero attached hydrogens (tertiary/aromatic N) is 2. The van der Waals surface area contributed by atoms with Gasteiger partial charge in [0, 0.05) is 0 Å². The number of carboxylic acids is 1. The molecule has 9 heteroatoms. The number of hydrogen-bond donors (Lipinski definition) is 1. The van der Waals surface area contributed by atoms with Crippen LogP contribution in [0.3, 0.4) is 0 Å². The molecule has 4 rings (SSSR count). The van der Waals surface area contributed by atoms with Gasteiger partial charge in [-0.05, 0) is 31.9 Å². The predicted octanol–water partition coefficient (Wildman–Crippen LogP) is 3.27. The molecule has 0 radical (unpaired) electrons. The smallest absolute Gasteiger partial charge is 0.411 e. The minimum Gasteiger partial charge on any atom is -0.479 e. The third-order valence-electron chi connectivity index (χ3n) is 5.98. The molecule has 0 aromatic heterocycles. The van der Waals surface area contributed by atoms with Crippen molar-refractivity contribution in [3.63, 3.8) is 0 Å². The van der Waals surface area contributed by atoms with Crippen LogP contribution in [0.25, 0.3) is 6.08 Å². The molecule has 0 aliphatic carbocycles. The molecule has 0 spiro atoms. The van der Waals surface area contributed by atoms with E-state index in [2.05, 4.69) is 0 Å². The minimum absolute atomic E-state index is 0.0518. The summed E-state index contributed by atoms with van der Waals surface area (Å²) in [5.74, 6) is -3.24. The van der Waals surface area contributed by atoms with Gasteiger partial charge in [-0.3, -0.25) is 9.69 Å². The molecule has 2 aliphatic rings. The van der Waals surface area contributed by atoms with E-state index in [0.29, 0.717) is 0 Å². The first-order valence-electron chi connectivity index (χ1n) is 11.6. The Hall–Kier alpha value is -4.14. The first kappa shape index (κ1) is 25.0. The quantitative estimate of drug-likeness (QED) is 0.359. The second-order valence-corrected chi connectivity index (χ2v) is 9.64. The van der Waals surface area contributed by atoms with Crippen LogP contribution in [0, 0.1) is 0 Å². The predicted molar refractivity (Wildman–Crippen MR) is 130 cm³/mol. The van der Waals surface area contributed by atoms with E-state index in [1.807, 2.05) is 60.7 Å². The van der Waals surface area contributed by atoms with Gasteiger partial charge in [-0.15, -0.1) is 0 Å². The summed E-state index contributed by atoms with van der Waals surface area (Å²) in [5.41, 5.74) is 0.635. The zero-order valence-electron chi connectivity index (χ0n) is 20.2. The van der Waals surface area contributed by atoms with Crippen LogP contribution in [0.1, 0.15) is 37.9 Å². The fourth-order valence-electron chi connectivity index (χ4n) is 4.43. The van der Waals surface area contributed by atoms with Gasteiger partial charge in [-0.25, -0.2) is 14.4 Å². The molecule has 0 saturated carbocycles. The number of carboxylic acid groups (broad SMARTS) is 1. The number of cyclic esters (lactones) is 1. The molecule has 36 heavy (non-hydrogen) atoms. The molecule has 4 atom stereocenters. The number of rotatable bonds is 7. The summed E-state index contributed by atoms with van der Waals surface area (Å²) in [6, 6.07) is 14.0. The Bertz CT molecular complexity index is 1170. The molecule has 2 heterocycles. The van der Waals surface area contributed by atoms with Gasteiger partial charge < -0.3 is 19.5 Å². The van der Waals surface area contributed by atoms with E-state index in [4.69, 9.17) is 9.47 Å². The van der Waals surface area contributed by atoms with E-state index in [1.165, 1.54) is 4.90 Å². The zero-order valence-corrected chi connectivity index (χ0v) is 20.2. The van der Waals surface area contributed by atoms with Crippen LogP contribution in [-0.4, -0.2) is 69.2 Å². The van der Waals surface area contributed by atoms with Gasteiger partial charge in [0.25, 0.3) is 0 Å². The molecule has 2 saturated heterocycles. The number of carbonyl (C=O) groups is 4. The summed E-state index contributed by atoms with van der Waals surface area (Å²) < 4.78 is 10.6. The molecule has 2 aliphatic heterocycles. The number of ether oxygens (including phenoxy) is 2. The van der Waals surface area contributed by atoms with Crippen molar-refractivity contribution in [3.8, 4) is 0 Å². The van der Waals surface area contributed by atoms with Gasteiger partial charge in [-0.1, -0.05) is 72.8 Å². The highest BCUT2D eigenvalue weighted by atomic mass is 16.6. The molecule has 1 N–H and O–H groups in total. The Morgan fingerprint density at radius 3 is 2.25 bits per heavy atom. The van der Waals surface area contributed by atoms with Crippen molar-refractivity contribution in [2.24, 2.45) is 0 Å². The van der Waals surface area contributed by atoms with Crippen LogP contribution in [-0.2, 0) is 23.9 Å². The van der Waals surface area contributed by atoms with Gasteiger partial charge in [0.05, 0.1) is 12.1 Å². The number of esters is 1. The van der Waals surface area contributed by atoms with Crippen molar-refractivity contribution in [2.45, 2.75) is 50.5 Å². The lowest BCUT2D eigenvalue weighted by atomic mass is 9.88. The Labute approximate surface area is 208 Å². The van der Waals surface area contributed by atoms with Crippen LogP contribution < -0.4 is 0 Å². The summed E-state index contributed by atoms with van der Waals surface area (Å²) in [6.45, 7) is 4.89. The van der Waals surface area contributed by atoms with E-state index in [-0.39, 0.29) is 6.61 Å². The van der Waals surface area contributed by atoms with Gasteiger partial charge >= 0.3 is 18.0 Å². The SMILES string of the molecule is CC(C)(C)OC(=O)C(C(=O)O)N1C(=O)C(N2C(=O)OC[C@@H]2c2ccccc2)C1C=Cc1ccccc1. The maximum absolute atomic E-state index is 13.5. The van der Waals surface area contributed by atoms with E-state index in [9.17, 15) is 24.3 Å². The highest BCUT2D eigenvalue weighted by molar-refractivity contribution is 6.06. The molecule has 188 valence electrons. The Balaban J connectivity index is 1.71. The first-order valence-corrected chi connectivity index (χ1v) is 11.6. The number of amides is 2. The van der Waals surface area contributed by atoms with E-state index >= 15 is 0 Å². The maximum atomic E-state index is 13.5. The van der Waals surface area contributed by atoms with Crippen molar-refractivity contribution >= 4 is 30.0 Å². The normalized spacial score (nSPS) is 22.8. The number of likely N-dealkylation sites (tertiary alicyclic amines) is 1. The minimum atomic E-state index is -1.87. The molecular formula is C27H28N2O7. The lowest BCUT2D eigenvalue weighted by Gasteiger charge is -2.51. The number of hydrogen-bond acceptors (Lipinski definition) is 6. The second-order valence-electron chi connectivity index (χ2n) is 9.64. The highest BCUT2D eigenvalue weighted by Crippen LogP contribution is 2.38.